The number of pyridine rings is 1. The zero-order chi connectivity index (χ0) is 11.9. The fourth-order valence-corrected chi connectivity index (χ4v) is 2.86. The molecule has 1 aromatic rings. The maximum absolute atomic E-state index is 6.35. The highest BCUT2D eigenvalue weighted by Gasteiger charge is 2.19. The largest absolute Gasteiger partial charge is 0.327 e. The molecule has 1 aliphatic carbocycles. The number of aromatic nitrogens is 1. The van der Waals surface area contributed by atoms with Crippen LogP contribution in [0.25, 0.3) is 0 Å². The van der Waals surface area contributed by atoms with Crippen LogP contribution in [-0.2, 0) is 6.42 Å². The SMILES string of the molecule is NC(CCc1ccncc1)C1CCCCCC1. The van der Waals surface area contributed by atoms with Crippen molar-refractivity contribution in [2.45, 2.75) is 57.4 Å². The normalized spacial score (nSPS) is 19.8. The van der Waals surface area contributed by atoms with Crippen molar-refractivity contribution in [3.63, 3.8) is 0 Å². The Morgan fingerprint density at radius 3 is 2.41 bits per heavy atom. The van der Waals surface area contributed by atoms with Crippen LogP contribution in [0.15, 0.2) is 24.5 Å². The predicted octanol–water partition coefficient (Wildman–Crippen LogP) is 3.31. The van der Waals surface area contributed by atoms with Crippen LogP contribution in [0.1, 0.15) is 50.5 Å². The van der Waals surface area contributed by atoms with Crippen molar-refractivity contribution in [2.75, 3.05) is 0 Å². The lowest BCUT2D eigenvalue weighted by Crippen LogP contribution is -2.30. The van der Waals surface area contributed by atoms with E-state index in [9.17, 15) is 0 Å². The molecule has 17 heavy (non-hydrogen) atoms. The van der Waals surface area contributed by atoms with Gasteiger partial charge in [-0.1, -0.05) is 25.7 Å². The third-order valence-electron chi connectivity index (χ3n) is 4.02. The Hall–Kier alpha value is -0.890. The number of hydrogen-bond donors (Lipinski definition) is 1. The van der Waals surface area contributed by atoms with Gasteiger partial charge in [0.2, 0.25) is 0 Å². The molecule has 0 radical (unpaired) electrons. The summed E-state index contributed by atoms with van der Waals surface area (Å²) in [7, 11) is 0. The molecule has 2 N–H and O–H groups in total. The van der Waals surface area contributed by atoms with E-state index in [2.05, 4.69) is 17.1 Å². The van der Waals surface area contributed by atoms with E-state index in [1.54, 1.807) is 0 Å². The molecule has 2 heteroatoms. The van der Waals surface area contributed by atoms with Gasteiger partial charge >= 0.3 is 0 Å². The van der Waals surface area contributed by atoms with Gasteiger partial charge in [-0.05, 0) is 49.3 Å². The highest BCUT2D eigenvalue weighted by molar-refractivity contribution is 5.09. The van der Waals surface area contributed by atoms with Crippen molar-refractivity contribution in [1.29, 1.82) is 0 Å². The molecule has 0 saturated heterocycles. The highest BCUT2D eigenvalue weighted by atomic mass is 14.6. The Morgan fingerprint density at radius 1 is 1.12 bits per heavy atom. The van der Waals surface area contributed by atoms with Crippen LogP contribution in [-0.4, -0.2) is 11.0 Å². The molecule has 1 aromatic heterocycles. The lowest BCUT2D eigenvalue weighted by molar-refractivity contribution is 0.359. The van der Waals surface area contributed by atoms with E-state index >= 15 is 0 Å². The van der Waals surface area contributed by atoms with Crippen LogP contribution in [0, 0.1) is 5.92 Å². The molecule has 1 unspecified atom stereocenters. The van der Waals surface area contributed by atoms with Crippen LogP contribution in [0.4, 0.5) is 0 Å². The number of hydrogen-bond acceptors (Lipinski definition) is 2. The van der Waals surface area contributed by atoms with Crippen molar-refractivity contribution in [2.24, 2.45) is 11.7 Å². The van der Waals surface area contributed by atoms with Crippen molar-refractivity contribution in [3.05, 3.63) is 30.1 Å². The summed E-state index contributed by atoms with van der Waals surface area (Å²) in [6.07, 6.45) is 14.2. The summed E-state index contributed by atoms with van der Waals surface area (Å²) in [5.41, 5.74) is 7.71. The minimum absolute atomic E-state index is 0.390. The second-order valence-corrected chi connectivity index (χ2v) is 5.31. The van der Waals surface area contributed by atoms with Crippen LogP contribution < -0.4 is 5.73 Å². The first-order chi connectivity index (χ1) is 8.36. The van der Waals surface area contributed by atoms with Crippen LogP contribution in [0.2, 0.25) is 0 Å². The van der Waals surface area contributed by atoms with Gasteiger partial charge in [-0.3, -0.25) is 4.98 Å². The molecule has 0 bridgehead atoms. The second-order valence-electron chi connectivity index (χ2n) is 5.31. The van der Waals surface area contributed by atoms with Crippen LogP contribution in [0.5, 0.6) is 0 Å². The Labute approximate surface area is 105 Å². The van der Waals surface area contributed by atoms with E-state index in [1.807, 2.05) is 12.4 Å². The molecule has 2 rings (SSSR count). The first-order valence-corrected chi connectivity index (χ1v) is 7.01. The Bertz CT molecular complexity index is 302. The van der Waals surface area contributed by atoms with E-state index < -0.39 is 0 Å². The summed E-state index contributed by atoms with van der Waals surface area (Å²) in [5.74, 6) is 0.763. The molecule has 0 aliphatic heterocycles. The molecule has 0 aromatic carbocycles. The summed E-state index contributed by atoms with van der Waals surface area (Å²) < 4.78 is 0. The minimum Gasteiger partial charge on any atom is -0.327 e. The summed E-state index contributed by atoms with van der Waals surface area (Å²) >= 11 is 0. The Balaban J connectivity index is 1.78. The molecule has 1 saturated carbocycles. The van der Waals surface area contributed by atoms with Gasteiger partial charge in [0.15, 0.2) is 0 Å². The molecule has 1 atom stereocenters. The van der Waals surface area contributed by atoms with Gasteiger partial charge in [0.25, 0.3) is 0 Å². The van der Waals surface area contributed by atoms with E-state index in [-0.39, 0.29) is 0 Å². The van der Waals surface area contributed by atoms with Crippen molar-refractivity contribution in [1.82, 2.24) is 4.98 Å². The highest BCUT2D eigenvalue weighted by Crippen LogP contribution is 2.26. The maximum atomic E-state index is 6.35. The lowest BCUT2D eigenvalue weighted by Gasteiger charge is -2.22. The zero-order valence-electron chi connectivity index (χ0n) is 10.6. The summed E-state index contributed by atoms with van der Waals surface area (Å²) in [5, 5.41) is 0. The van der Waals surface area contributed by atoms with Gasteiger partial charge in [-0.25, -0.2) is 0 Å². The summed E-state index contributed by atoms with van der Waals surface area (Å²) in [4.78, 5) is 4.04. The van der Waals surface area contributed by atoms with E-state index in [0.717, 1.165) is 18.8 Å². The summed E-state index contributed by atoms with van der Waals surface area (Å²) in [6, 6.07) is 4.58. The number of aryl methyl sites for hydroxylation is 1. The molecule has 0 spiro atoms. The molecule has 94 valence electrons. The number of nitrogens with zero attached hydrogens (tertiary/aromatic N) is 1. The number of nitrogens with two attached hydrogens (primary N) is 1. The fraction of sp³-hybridized carbons (Fsp3) is 0.667. The average molecular weight is 232 g/mol. The van der Waals surface area contributed by atoms with Crippen molar-refractivity contribution >= 4 is 0 Å². The Morgan fingerprint density at radius 2 is 1.76 bits per heavy atom. The average Bonchev–Trinajstić information content (AvgIpc) is 2.66. The quantitative estimate of drug-likeness (QED) is 0.809. The molecular formula is C15H24N2. The maximum Gasteiger partial charge on any atom is 0.0270 e. The molecule has 0 amide bonds. The zero-order valence-corrected chi connectivity index (χ0v) is 10.6. The third kappa shape index (κ3) is 4.12. The smallest absolute Gasteiger partial charge is 0.0270 e. The molecular weight excluding hydrogens is 208 g/mol. The van der Waals surface area contributed by atoms with Crippen molar-refractivity contribution in [3.8, 4) is 0 Å². The third-order valence-corrected chi connectivity index (χ3v) is 4.02. The van der Waals surface area contributed by atoms with Crippen LogP contribution >= 0.6 is 0 Å². The van der Waals surface area contributed by atoms with Crippen molar-refractivity contribution < 1.29 is 0 Å². The lowest BCUT2D eigenvalue weighted by atomic mass is 9.89. The molecule has 1 fully saturated rings. The van der Waals surface area contributed by atoms with Gasteiger partial charge < -0.3 is 5.73 Å². The van der Waals surface area contributed by atoms with E-state index in [4.69, 9.17) is 5.73 Å². The standard InChI is InChI=1S/C15H24N2/c16-15(14-5-3-1-2-4-6-14)8-7-13-9-11-17-12-10-13/h9-12,14-15H,1-8,16H2. The van der Waals surface area contributed by atoms with E-state index in [1.165, 1.54) is 44.1 Å². The first kappa shape index (κ1) is 12.6. The van der Waals surface area contributed by atoms with Gasteiger partial charge in [-0.2, -0.15) is 0 Å². The first-order valence-electron chi connectivity index (χ1n) is 7.01. The van der Waals surface area contributed by atoms with Gasteiger partial charge in [0, 0.05) is 18.4 Å². The monoisotopic (exact) mass is 232 g/mol. The van der Waals surface area contributed by atoms with Crippen LogP contribution in [0.3, 0.4) is 0 Å². The van der Waals surface area contributed by atoms with E-state index in [0.29, 0.717) is 6.04 Å². The topological polar surface area (TPSA) is 38.9 Å². The number of rotatable bonds is 4. The second kappa shape index (κ2) is 6.75. The van der Waals surface area contributed by atoms with Gasteiger partial charge in [-0.15, -0.1) is 0 Å². The van der Waals surface area contributed by atoms with Gasteiger partial charge in [0.05, 0.1) is 0 Å². The Kier molecular flexibility index (Phi) is 4.99. The molecule has 1 aliphatic rings. The fourth-order valence-electron chi connectivity index (χ4n) is 2.86. The molecule has 2 nitrogen and oxygen atoms in total. The predicted molar refractivity (Wildman–Crippen MR) is 71.7 cm³/mol. The van der Waals surface area contributed by atoms with Gasteiger partial charge in [0.1, 0.15) is 0 Å². The molecule has 1 heterocycles. The summed E-state index contributed by atoms with van der Waals surface area (Å²) in [6.45, 7) is 0. The minimum atomic E-state index is 0.390.